The monoisotopic (exact) mass is 423 g/mol. The maximum Gasteiger partial charge on any atom is 0.224 e. The summed E-state index contributed by atoms with van der Waals surface area (Å²) in [5, 5.41) is 16.5. The minimum Gasteiger partial charge on any atom is -0.506 e. The number of hydrogen-bond donors (Lipinski definition) is 3. The van der Waals surface area contributed by atoms with Crippen molar-refractivity contribution in [1.29, 1.82) is 0 Å². The summed E-state index contributed by atoms with van der Waals surface area (Å²) in [6.07, 6.45) is 0.516. The highest BCUT2D eigenvalue weighted by Crippen LogP contribution is 2.27. The van der Waals surface area contributed by atoms with Crippen LogP contribution in [-0.4, -0.2) is 55.1 Å². The molecule has 7 heteroatoms. The molecule has 0 atom stereocenters. The number of rotatable bonds is 6. The number of anilines is 2. The number of nitrogens with zero attached hydrogens (tertiary/aromatic N) is 3. The minimum atomic E-state index is 0.0400. The van der Waals surface area contributed by atoms with Gasteiger partial charge in [-0.25, -0.2) is 0 Å². The minimum absolute atomic E-state index is 0.0400. The van der Waals surface area contributed by atoms with Gasteiger partial charge in [-0.3, -0.25) is 9.79 Å². The summed E-state index contributed by atoms with van der Waals surface area (Å²) in [4.78, 5) is 20.9. The second kappa shape index (κ2) is 10.7. The molecular weight excluding hydrogens is 390 g/mol. The van der Waals surface area contributed by atoms with Gasteiger partial charge in [0.25, 0.3) is 0 Å². The highest BCUT2D eigenvalue weighted by atomic mass is 16.3. The molecule has 1 amide bonds. The van der Waals surface area contributed by atoms with E-state index in [1.54, 1.807) is 13.1 Å². The molecule has 0 saturated carbocycles. The summed E-state index contributed by atoms with van der Waals surface area (Å²) in [5.41, 5.74) is 2.77. The zero-order chi connectivity index (χ0) is 22.2. The van der Waals surface area contributed by atoms with Crippen LogP contribution in [0.4, 0.5) is 11.4 Å². The van der Waals surface area contributed by atoms with Crippen molar-refractivity contribution < 1.29 is 9.90 Å². The first kappa shape index (κ1) is 22.5. The van der Waals surface area contributed by atoms with Gasteiger partial charge in [0.1, 0.15) is 5.75 Å². The first-order valence-electron chi connectivity index (χ1n) is 10.8. The molecule has 1 aliphatic heterocycles. The zero-order valence-electron chi connectivity index (χ0n) is 18.6. The van der Waals surface area contributed by atoms with Crippen LogP contribution >= 0.6 is 0 Å². The Kier molecular flexibility index (Phi) is 7.76. The van der Waals surface area contributed by atoms with E-state index in [9.17, 15) is 9.90 Å². The molecule has 1 aliphatic rings. The van der Waals surface area contributed by atoms with E-state index in [0.29, 0.717) is 24.6 Å². The van der Waals surface area contributed by atoms with Gasteiger partial charge in [-0.05, 0) is 35.7 Å². The second-order valence-electron chi connectivity index (χ2n) is 8.21. The molecule has 1 heterocycles. The number of benzene rings is 2. The molecule has 166 valence electrons. The van der Waals surface area contributed by atoms with Crippen molar-refractivity contribution in [2.24, 2.45) is 10.9 Å². The van der Waals surface area contributed by atoms with E-state index in [1.807, 2.05) is 56.3 Å². The highest BCUT2D eigenvalue weighted by Gasteiger charge is 2.21. The second-order valence-corrected chi connectivity index (χ2v) is 8.21. The number of piperazine rings is 1. The fraction of sp³-hybridized carbons (Fsp3) is 0.417. The Labute approximate surface area is 184 Å². The molecule has 3 N–H and O–H groups in total. The maximum atomic E-state index is 12.0. The number of aliphatic imine (C=N–C) groups is 1. The van der Waals surface area contributed by atoms with Crippen LogP contribution in [0.15, 0.2) is 53.5 Å². The number of nitrogens with one attached hydrogen (secondary N) is 2. The summed E-state index contributed by atoms with van der Waals surface area (Å²) in [5.74, 6) is 1.54. The van der Waals surface area contributed by atoms with Crippen LogP contribution in [-0.2, 0) is 11.3 Å². The van der Waals surface area contributed by atoms with Crippen LogP contribution in [0.3, 0.4) is 0 Å². The molecule has 7 nitrogen and oxygen atoms in total. The molecule has 1 saturated heterocycles. The lowest BCUT2D eigenvalue weighted by atomic mass is 10.1. The fourth-order valence-electron chi connectivity index (χ4n) is 3.75. The third-order valence-corrected chi connectivity index (χ3v) is 5.27. The van der Waals surface area contributed by atoms with Gasteiger partial charge in [0.15, 0.2) is 5.96 Å². The van der Waals surface area contributed by atoms with Gasteiger partial charge >= 0.3 is 0 Å². The number of para-hydroxylation sites is 2. The number of amides is 1. The average molecular weight is 424 g/mol. The van der Waals surface area contributed by atoms with Crippen molar-refractivity contribution >= 4 is 23.2 Å². The molecule has 0 radical (unpaired) electrons. The number of phenols is 1. The van der Waals surface area contributed by atoms with E-state index < -0.39 is 0 Å². The average Bonchev–Trinajstić information content (AvgIpc) is 2.75. The standard InChI is InChI=1S/C24H33N5O2/c1-18(2)15-23(31)27-20-8-6-7-19(16-20)17-26-24(25-3)29-13-11-28(12-14-29)21-9-4-5-10-22(21)30/h4-10,16,18,30H,11-15,17H2,1-3H3,(H,25,26)(H,27,31). The first-order valence-corrected chi connectivity index (χ1v) is 10.8. The van der Waals surface area contributed by atoms with Gasteiger partial charge in [-0.1, -0.05) is 38.1 Å². The normalized spacial score (nSPS) is 14.6. The van der Waals surface area contributed by atoms with Crippen molar-refractivity contribution in [2.45, 2.75) is 26.8 Å². The van der Waals surface area contributed by atoms with Crippen molar-refractivity contribution in [2.75, 3.05) is 43.4 Å². The molecule has 0 aromatic heterocycles. The summed E-state index contributed by atoms with van der Waals surface area (Å²) in [7, 11) is 1.79. The smallest absolute Gasteiger partial charge is 0.224 e. The predicted molar refractivity (Wildman–Crippen MR) is 127 cm³/mol. The number of hydrogen-bond acceptors (Lipinski definition) is 4. The number of carbonyl (C=O) groups excluding carboxylic acids is 1. The molecule has 3 rings (SSSR count). The lowest BCUT2D eigenvalue weighted by Crippen LogP contribution is -2.52. The Balaban J connectivity index is 1.53. The van der Waals surface area contributed by atoms with Crippen LogP contribution in [0, 0.1) is 5.92 Å². The largest absolute Gasteiger partial charge is 0.506 e. The maximum absolute atomic E-state index is 12.0. The molecule has 0 aliphatic carbocycles. The van der Waals surface area contributed by atoms with Crippen molar-refractivity contribution in [3.63, 3.8) is 0 Å². The summed E-state index contributed by atoms with van der Waals surface area (Å²) >= 11 is 0. The van der Waals surface area contributed by atoms with Gasteiger partial charge in [-0.2, -0.15) is 0 Å². The number of aromatic hydroxyl groups is 1. The van der Waals surface area contributed by atoms with Crippen molar-refractivity contribution in [3.8, 4) is 5.75 Å². The zero-order valence-corrected chi connectivity index (χ0v) is 18.6. The summed E-state index contributed by atoms with van der Waals surface area (Å²) < 4.78 is 0. The molecule has 2 aromatic rings. The van der Waals surface area contributed by atoms with E-state index in [1.165, 1.54) is 0 Å². The lowest BCUT2D eigenvalue weighted by molar-refractivity contribution is -0.116. The van der Waals surface area contributed by atoms with Gasteiger partial charge in [0, 0.05) is 51.9 Å². The van der Waals surface area contributed by atoms with Gasteiger partial charge in [-0.15, -0.1) is 0 Å². The Morgan fingerprint density at radius 1 is 1.10 bits per heavy atom. The van der Waals surface area contributed by atoms with Crippen LogP contribution in [0.5, 0.6) is 5.75 Å². The third kappa shape index (κ3) is 6.38. The third-order valence-electron chi connectivity index (χ3n) is 5.27. The van der Waals surface area contributed by atoms with E-state index in [2.05, 4.69) is 25.4 Å². The molecule has 1 fully saturated rings. The Morgan fingerprint density at radius 3 is 2.52 bits per heavy atom. The van der Waals surface area contributed by atoms with Crippen LogP contribution in [0.25, 0.3) is 0 Å². The van der Waals surface area contributed by atoms with Crippen molar-refractivity contribution in [3.05, 3.63) is 54.1 Å². The van der Waals surface area contributed by atoms with Gasteiger partial charge < -0.3 is 25.5 Å². The van der Waals surface area contributed by atoms with Gasteiger partial charge in [0.05, 0.1) is 5.69 Å². The molecule has 0 unspecified atom stereocenters. The summed E-state index contributed by atoms with van der Waals surface area (Å²) in [6.45, 7) is 7.96. The Morgan fingerprint density at radius 2 is 1.84 bits per heavy atom. The topological polar surface area (TPSA) is 80.2 Å². The van der Waals surface area contributed by atoms with E-state index in [-0.39, 0.29) is 5.91 Å². The predicted octanol–water partition coefficient (Wildman–Crippen LogP) is 3.27. The van der Waals surface area contributed by atoms with E-state index in [0.717, 1.165) is 49.1 Å². The lowest BCUT2D eigenvalue weighted by Gasteiger charge is -2.37. The Hall–Kier alpha value is -3.22. The first-order chi connectivity index (χ1) is 15.0. The molecule has 0 spiro atoms. The van der Waals surface area contributed by atoms with Crippen LogP contribution < -0.4 is 15.5 Å². The molecule has 31 heavy (non-hydrogen) atoms. The van der Waals surface area contributed by atoms with Crippen molar-refractivity contribution in [1.82, 2.24) is 10.2 Å². The number of guanidine groups is 1. The molecule has 0 bridgehead atoms. The fourth-order valence-corrected chi connectivity index (χ4v) is 3.75. The quantitative estimate of drug-likeness (QED) is 0.491. The Bertz CT molecular complexity index is 904. The van der Waals surface area contributed by atoms with E-state index >= 15 is 0 Å². The van der Waals surface area contributed by atoms with E-state index in [4.69, 9.17) is 0 Å². The highest BCUT2D eigenvalue weighted by molar-refractivity contribution is 5.90. The van der Waals surface area contributed by atoms with Gasteiger partial charge in [0.2, 0.25) is 5.91 Å². The molecule has 2 aromatic carbocycles. The SMILES string of the molecule is CN=C(NCc1cccc(NC(=O)CC(C)C)c1)N1CCN(c2ccccc2O)CC1. The number of phenolic OH excluding ortho intramolecular Hbond substituents is 1. The van der Waals surface area contributed by atoms with Crippen LogP contribution in [0.2, 0.25) is 0 Å². The summed E-state index contributed by atoms with van der Waals surface area (Å²) in [6, 6.07) is 15.4. The number of carbonyl (C=O) groups is 1. The molecular formula is C24H33N5O2. The van der Waals surface area contributed by atoms with Crippen LogP contribution in [0.1, 0.15) is 25.8 Å².